The number of hydrogen-bond acceptors (Lipinski definition) is 3. The van der Waals surface area contributed by atoms with E-state index in [4.69, 9.17) is 0 Å². The van der Waals surface area contributed by atoms with Gasteiger partial charge < -0.3 is 5.11 Å². The maximum Gasteiger partial charge on any atom is 0.220 e. The Balaban J connectivity index is 2.40. The molecule has 0 aliphatic carbocycles. The molecule has 0 aromatic heterocycles. The van der Waals surface area contributed by atoms with Crippen LogP contribution in [0.15, 0.2) is 51.7 Å². The highest BCUT2D eigenvalue weighted by Gasteiger charge is 2.11. The first-order chi connectivity index (χ1) is 10.4. The van der Waals surface area contributed by atoms with E-state index in [1.54, 1.807) is 6.08 Å². The quantitative estimate of drug-likeness (QED) is 0.665. The van der Waals surface area contributed by atoms with Gasteiger partial charge in [-0.3, -0.25) is 9.59 Å². The summed E-state index contributed by atoms with van der Waals surface area (Å²) >= 11 is 3.22. The number of allylic oxidation sites excluding steroid dienone is 1. The molecule has 0 aliphatic heterocycles. The number of ketones is 1. The summed E-state index contributed by atoms with van der Waals surface area (Å²) in [6, 6.07) is 10.1. The number of halogens is 1. The number of carbonyl (C=O) groups is 1. The van der Waals surface area contributed by atoms with Gasteiger partial charge in [0, 0.05) is 4.47 Å². The van der Waals surface area contributed by atoms with E-state index in [1.165, 1.54) is 24.3 Å². The van der Waals surface area contributed by atoms with Gasteiger partial charge in [-0.15, -0.1) is 0 Å². The molecule has 0 saturated carbocycles. The van der Waals surface area contributed by atoms with Gasteiger partial charge in [-0.1, -0.05) is 45.8 Å². The van der Waals surface area contributed by atoms with Crippen molar-refractivity contribution in [1.29, 1.82) is 0 Å². The van der Waals surface area contributed by atoms with Gasteiger partial charge in [-0.05, 0) is 49.2 Å². The van der Waals surface area contributed by atoms with Crippen molar-refractivity contribution in [3.05, 3.63) is 79.4 Å². The zero-order valence-electron chi connectivity index (χ0n) is 12.3. The molecule has 0 amide bonds. The van der Waals surface area contributed by atoms with Crippen molar-refractivity contribution >= 4 is 27.8 Å². The zero-order valence-corrected chi connectivity index (χ0v) is 13.8. The van der Waals surface area contributed by atoms with Gasteiger partial charge in [0.05, 0.1) is 5.56 Å². The molecular formula is C18H15BrO3. The maximum absolute atomic E-state index is 12.3. The van der Waals surface area contributed by atoms with E-state index in [2.05, 4.69) is 15.9 Å². The summed E-state index contributed by atoms with van der Waals surface area (Å²) in [5.41, 5.74) is 2.50. The molecule has 0 heterocycles. The number of benzene rings is 1. The maximum atomic E-state index is 12.3. The first kappa shape index (κ1) is 16.2. The third-order valence-electron chi connectivity index (χ3n) is 3.27. The SMILES string of the molecule is Cc1ccc(/C=C\C(=O)c2cc(Br)ccc(=O)c2O)c(C)c1. The van der Waals surface area contributed by atoms with Gasteiger partial charge >= 0.3 is 0 Å². The molecule has 2 rings (SSSR count). The molecule has 3 nitrogen and oxygen atoms in total. The molecule has 0 spiro atoms. The minimum atomic E-state index is -0.589. The van der Waals surface area contributed by atoms with Crippen molar-refractivity contribution in [3.63, 3.8) is 0 Å². The molecule has 4 heteroatoms. The number of carbonyl (C=O) groups excluding carboxylic acids is 1. The Hall–Kier alpha value is -2.20. The first-order valence-corrected chi connectivity index (χ1v) is 7.50. The molecule has 0 aliphatic rings. The predicted molar refractivity (Wildman–Crippen MR) is 91.4 cm³/mol. The molecule has 0 unspecified atom stereocenters. The zero-order chi connectivity index (χ0) is 16.3. The Kier molecular flexibility index (Phi) is 4.93. The van der Waals surface area contributed by atoms with Crippen LogP contribution in [-0.2, 0) is 0 Å². The van der Waals surface area contributed by atoms with Crippen LogP contribution in [0.3, 0.4) is 0 Å². The molecule has 0 saturated heterocycles. The third-order valence-corrected chi connectivity index (χ3v) is 3.76. The van der Waals surface area contributed by atoms with Crippen LogP contribution in [-0.4, -0.2) is 10.9 Å². The van der Waals surface area contributed by atoms with E-state index in [0.29, 0.717) is 4.47 Å². The fourth-order valence-corrected chi connectivity index (χ4v) is 2.44. The lowest BCUT2D eigenvalue weighted by molar-refractivity contribution is 0.104. The molecule has 112 valence electrons. The highest BCUT2D eigenvalue weighted by molar-refractivity contribution is 9.10. The average Bonchev–Trinajstić information content (AvgIpc) is 2.59. The standard InChI is InChI=1S/C18H15BrO3/c1-11-3-4-13(12(2)9-11)5-7-16(20)15-10-14(19)6-8-17(21)18(15)22/h3-10H,1-2H3,(H,21,22)/b7-5-. The van der Waals surface area contributed by atoms with Gasteiger partial charge in [-0.25, -0.2) is 0 Å². The normalized spacial score (nSPS) is 10.9. The first-order valence-electron chi connectivity index (χ1n) is 6.71. The predicted octanol–water partition coefficient (Wildman–Crippen LogP) is 4.03. The molecule has 2 aromatic carbocycles. The van der Waals surface area contributed by atoms with Crippen molar-refractivity contribution in [1.82, 2.24) is 0 Å². The minimum Gasteiger partial charge on any atom is -0.504 e. The largest absolute Gasteiger partial charge is 0.504 e. The van der Waals surface area contributed by atoms with Crippen LogP contribution in [0.4, 0.5) is 0 Å². The van der Waals surface area contributed by atoms with E-state index in [1.807, 2.05) is 32.0 Å². The van der Waals surface area contributed by atoms with Crippen LogP contribution < -0.4 is 5.43 Å². The van der Waals surface area contributed by atoms with Crippen molar-refractivity contribution in [2.75, 3.05) is 0 Å². The van der Waals surface area contributed by atoms with Gasteiger partial charge in [0.1, 0.15) is 0 Å². The Labute approximate surface area is 137 Å². The van der Waals surface area contributed by atoms with Crippen LogP contribution in [0.2, 0.25) is 0 Å². The highest BCUT2D eigenvalue weighted by Crippen LogP contribution is 2.18. The van der Waals surface area contributed by atoms with Crippen LogP contribution in [0.5, 0.6) is 5.75 Å². The molecule has 0 bridgehead atoms. The summed E-state index contributed by atoms with van der Waals surface area (Å²) in [6.45, 7) is 3.96. The van der Waals surface area contributed by atoms with Crippen molar-refractivity contribution in [3.8, 4) is 5.75 Å². The number of aromatic hydroxyl groups is 1. The molecule has 2 aromatic rings. The summed E-state index contributed by atoms with van der Waals surface area (Å²) in [5.74, 6) is -0.965. The highest BCUT2D eigenvalue weighted by atomic mass is 79.9. The Morgan fingerprint density at radius 3 is 2.55 bits per heavy atom. The second-order valence-corrected chi connectivity index (χ2v) is 5.96. The third kappa shape index (κ3) is 3.71. The van der Waals surface area contributed by atoms with E-state index in [-0.39, 0.29) is 5.56 Å². The fourth-order valence-electron chi connectivity index (χ4n) is 2.08. The Morgan fingerprint density at radius 2 is 1.86 bits per heavy atom. The summed E-state index contributed by atoms with van der Waals surface area (Å²) in [5, 5.41) is 9.85. The smallest absolute Gasteiger partial charge is 0.220 e. The Morgan fingerprint density at radius 1 is 1.14 bits per heavy atom. The van der Waals surface area contributed by atoms with E-state index in [0.717, 1.165) is 16.7 Å². The summed E-state index contributed by atoms with van der Waals surface area (Å²) in [4.78, 5) is 23.9. The lowest BCUT2D eigenvalue weighted by atomic mass is 10.0. The van der Waals surface area contributed by atoms with E-state index >= 15 is 0 Å². The van der Waals surface area contributed by atoms with Crippen molar-refractivity contribution in [2.24, 2.45) is 0 Å². The second-order valence-electron chi connectivity index (χ2n) is 5.05. The van der Waals surface area contributed by atoms with Gasteiger partial charge in [0.2, 0.25) is 5.43 Å². The summed E-state index contributed by atoms with van der Waals surface area (Å²) < 4.78 is 0.549. The second kappa shape index (κ2) is 6.71. The van der Waals surface area contributed by atoms with Crippen molar-refractivity contribution in [2.45, 2.75) is 13.8 Å². The molecule has 1 N–H and O–H groups in total. The summed E-state index contributed by atoms with van der Waals surface area (Å²) in [6.07, 6.45) is 3.04. The van der Waals surface area contributed by atoms with Gasteiger partial charge in [0.15, 0.2) is 11.5 Å². The lowest BCUT2D eigenvalue weighted by Gasteiger charge is -2.01. The van der Waals surface area contributed by atoms with Gasteiger partial charge in [0.25, 0.3) is 0 Å². The number of hydrogen-bond donors (Lipinski definition) is 1. The molecular weight excluding hydrogens is 344 g/mol. The van der Waals surface area contributed by atoms with Crippen LogP contribution in [0, 0.1) is 13.8 Å². The van der Waals surface area contributed by atoms with Crippen LogP contribution in [0.25, 0.3) is 6.08 Å². The van der Waals surface area contributed by atoms with Crippen LogP contribution in [0.1, 0.15) is 27.0 Å². The average molecular weight is 359 g/mol. The van der Waals surface area contributed by atoms with Crippen LogP contribution >= 0.6 is 15.9 Å². The monoisotopic (exact) mass is 358 g/mol. The topological polar surface area (TPSA) is 54.4 Å². The van der Waals surface area contributed by atoms with Crippen molar-refractivity contribution < 1.29 is 9.90 Å². The lowest BCUT2D eigenvalue weighted by Crippen LogP contribution is -2.01. The molecule has 0 atom stereocenters. The molecule has 0 fully saturated rings. The van der Waals surface area contributed by atoms with E-state index in [9.17, 15) is 14.7 Å². The van der Waals surface area contributed by atoms with Gasteiger partial charge in [-0.2, -0.15) is 0 Å². The fraction of sp³-hybridized carbons (Fsp3) is 0.111. The summed E-state index contributed by atoms with van der Waals surface area (Å²) in [7, 11) is 0. The molecule has 22 heavy (non-hydrogen) atoms. The van der Waals surface area contributed by atoms with E-state index < -0.39 is 17.0 Å². The number of aryl methyl sites for hydroxylation is 2. The minimum absolute atomic E-state index is 0.0251. The number of rotatable bonds is 3. The molecule has 0 radical (unpaired) electrons. The Bertz CT molecular complexity index is 823.